The third-order valence-corrected chi connectivity index (χ3v) is 4.10. The predicted octanol–water partition coefficient (Wildman–Crippen LogP) is 2.49. The number of carbonyl (C=O) groups is 1. The second-order valence-electron chi connectivity index (χ2n) is 5.54. The first-order chi connectivity index (χ1) is 9.13. The van der Waals surface area contributed by atoms with Crippen LogP contribution in [0.25, 0.3) is 0 Å². The highest BCUT2D eigenvalue weighted by molar-refractivity contribution is 7.15. The zero-order chi connectivity index (χ0) is 13.7. The third-order valence-electron chi connectivity index (χ3n) is 3.24. The number of halogens is 1. The van der Waals surface area contributed by atoms with E-state index in [4.69, 9.17) is 0 Å². The molecule has 1 unspecified atom stereocenters. The number of rotatable bonds is 6. The van der Waals surface area contributed by atoms with Crippen LogP contribution in [0.15, 0.2) is 0 Å². The zero-order valence-corrected chi connectivity index (χ0v) is 13.6. The first-order valence-corrected chi connectivity index (χ1v) is 7.78. The molecule has 5 nitrogen and oxygen atoms in total. The van der Waals surface area contributed by atoms with Crippen LogP contribution in [0.3, 0.4) is 0 Å². The number of carbonyl (C=O) groups excluding carboxylic acids is 1. The van der Waals surface area contributed by atoms with E-state index in [0.29, 0.717) is 23.4 Å². The Morgan fingerprint density at radius 3 is 2.95 bits per heavy atom. The number of hydrogen-bond acceptors (Lipinski definition) is 5. The monoisotopic (exact) mass is 318 g/mol. The van der Waals surface area contributed by atoms with Crippen molar-refractivity contribution in [3.8, 4) is 0 Å². The molecule has 1 amide bonds. The molecule has 1 aromatic heterocycles. The van der Waals surface area contributed by atoms with Crippen LogP contribution in [0.1, 0.15) is 38.1 Å². The molecule has 1 aliphatic rings. The van der Waals surface area contributed by atoms with E-state index in [2.05, 4.69) is 34.7 Å². The van der Waals surface area contributed by atoms with Gasteiger partial charge in [-0.2, -0.15) is 0 Å². The molecule has 7 heteroatoms. The minimum Gasteiger partial charge on any atom is -0.316 e. The van der Waals surface area contributed by atoms with Crippen molar-refractivity contribution in [3.05, 3.63) is 5.01 Å². The van der Waals surface area contributed by atoms with E-state index >= 15 is 0 Å². The number of amides is 1. The summed E-state index contributed by atoms with van der Waals surface area (Å²) in [6.45, 7) is 6.43. The largest absolute Gasteiger partial charge is 0.316 e. The van der Waals surface area contributed by atoms with E-state index in [-0.39, 0.29) is 18.3 Å². The molecule has 0 bridgehead atoms. The van der Waals surface area contributed by atoms with Crippen molar-refractivity contribution in [1.29, 1.82) is 0 Å². The molecule has 0 saturated carbocycles. The molecular weight excluding hydrogens is 296 g/mol. The van der Waals surface area contributed by atoms with Crippen molar-refractivity contribution in [2.45, 2.75) is 39.5 Å². The Morgan fingerprint density at radius 2 is 2.30 bits per heavy atom. The van der Waals surface area contributed by atoms with Crippen LogP contribution in [0.2, 0.25) is 0 Å². The number of nitrogens with zero attached hydrogens (tertiary/aromatic N) is 2. The summed E-state index contributed by atoms with van der Waals surface area (Å²) in [6.07, 6.45) is 3.63. The highest BCUT2D eigenvalue weighted by Crippen LogP contribution is 2.19. The van der Waals surface area contributed by atoms with Gasteiger partial charge in [0.05, 0.1) is 0 Å². The standard InChI is InChI=1S/C13H22N4OS.ClH/c1-9(2)7-12-16-17-13(19-12)15-11(18)4-3-10-5-6-14-8-10;/h9-10,14H,3-8H2,1-2H3,(H,15,17,18);1H. The fourth-order valence-corrected chi connectivity index (χ4v) is 3.18. The Morgan fingerprint density at radius 1 is 1.50 bits per heavy atom. The van der Waals surface area contributed by atoms with Gasteiger partial charge in [0.15, 0.2) is 0 Å². The maximum absolute atomic E-state index is 11.8. The Hall–Kier alpha value is -0.720. The molecule has 1 saturated heterocycles. The highest BCUT2D eigenvalue weighted by Gasteiger charge is 2.16. The molecule has 1 aromatic rings. The van der Waals surface area contributed by atoms with Gasteiger partial charge in [-0.1, -0.05) is 25.2 Å². The summed E-state index contributed by atoms with van der Waals surface area (Å²) in [5.74, 6) is 1.27. The Balaban J connectivity index is 0.00000200. The molecule has 1 fully saturated rings. The molecule has 1 atom stereocenters. The van der Waals surface area contributed by atoms with E-state index in [9.17, 15) is 4.79 Å². The Bertz CT molecular complexity index is 418. The third kappa shape index (κ3) is 5.73. The van der Waals surface area contributed by atoms with Gasteiger partial charge in [-0.15, -0.1) is 22.6 Å². The van der Waals surface area contributed by atoms with Crippen molar-refractivity contribution in [2.75, 3.05) is 18.4 Å². The van der Waals surface area contributed by atoms with Crippen LogP contribution in [-0.4, -0.2) is 29.2 Å². The summed E-state index contributed by atoms with van der Waals surface area (Å²) >= 11 is 1.48. The second kappa shape index (κ2) is 8.54. The number of nitrogens with one attached hydrogen (secondary N) is 2. The summed E-state index contributed by atoms with van der Waals surface area (Å²) < 4.78 is 0. The van der Waals surface area contributed by atoms with Gasteiger partial charge < -0.3 is 10.6 Å². The zero-order valence-electron chi connectivity index (χ0n) is 12.0. The van der Waals surface area contributed by atoms with Gasteiger partial charge >= 0.3 is 0 Å². The van der Waals surface area contributed by atoms with Crippen molar-refractivity contribution in [3.63, 3.8) is 0 Å². The van der Waals surface area contributed by atoms with Gasteiger partial charge in [0.1, 0.15) is 5.01 Å². The lowest BCUT2D eigenvalue weighted by Gasteiger charge is -2.06. The van der Waals surface area contributed by atoms with Gasteiger partial charge in [-0.25, -0.2) is 0 Å². The van der Waals surface area contributed by atoms with Crippen molar-refractivity contribution < 1.29 is 4.79 Å². The lowest BCUT2D eigenvalue weighted by molar-refractivity contribution is -0.116. The van der Waals surface area contributed by atoms with E-state index in [0.717, 1.165) is 30.9 Å². The van der Waals surface area contributed by atoms with Crippen molar-refractivity contribution in [1.82, 2.24) is 15.5 Å². The number of aromatic nitrogens is 2. The van der Waals surface area contributed by atoms with Crippen LogP contribution >= 0.6 is 23.7 Å². The first kappa shape index (κ1) is 17.3. The summed E-state index contributed by atoms with van der Waals surface area (Å²) in [4.78, 5) is 11.8. The van der Waals surface area contributed by atoms with E-state index in [1.807, 2.05) is 0 Å². The molecule has 0 spiro atoms. The highest BCUT2D eigenvalue weighted by atomic mass is 35.5. The molecule has 20 heavy (non-hydrogen) atoms. The molecule has 0 aromatic carbocycles. The van der Waals surface area contributed by atoms with E-state index in [1.54, 1.807) is 0 Å². The van der Waals surface area contributed by atoms with Gasteiger partial charge in [0, 0.05) is 12.8 Å². The summed E-state index contributed by atoms with van der Waals surface area (Å²) in [6, 6.07) is 0. The topological polar surface area (TPSA) is 66.9 Å². The van der Waals surface area contributed by atoms with Crippen molar-refractivity contribution in [2.24, 2.45) is 11.8 Å². The average molecular weight is 319 g/mol. The molecular formula is C13H23ClN4OS. The molecule has 0 aliphatic carbocycles. The van der Waals surface area contributed by atoms with Crippen LogP contribution < -0.4 is 10.6 Å². The molecule has 1 aliphatic heterocycles. The second-order valence-corrected chi connectivity index (χ2v) is 6.61. The minimum absolute atomic E-state index is 0. The summed E-state index contributed by atoms with van der Waals surface area (Å²) in [5.41, 5.74) is 0. The molecule has 2 heterocycles. The first-order valence-electron chi connectivity index (χ1n) is 6.96. The quantitative estimate of drug-likeness (QED) is 0.845. The van der Waals surface area contributed by atoms with Gasteiger partial charge in [0.2, 0.25) is 11.0 Å². The smallest absolute Gasteiger partial charge is 0.226 e. The summed E-state index contributed by atoms with van der Waals surface area (Å²) in [7, 11) is 0. The maximum atomic E-state index is 11.8. The lowest BCUT2D eigenvalue weighted by Crippen LogP contribution is -2.14. The van der Waals surface area contributed by atoms with E-state index < -0.39 is 0 Å². The van der Waals surface area contributed by atoms with Gasteiger partial charge in [-0.3, -0.25) is 4.79 Å². The fraction of sp³-hybridized carbons (Fsp3) is 0.769. The van der Waals surface area contributed by atoms with Crippen LogP contribution in [0.5, 0.6) is 0 Å². The fourth-order valence-electron chi connectivity index (χ4n) is 2.21. The van der Waals surface area contributed by atoms with Crippen LogP contribution in [-0.2, 0) is 11.2 Å². The molecule has 0 radical (unpaired) electrons. The SMILES string of the molecule is CC(C)Cc1nnc(NC(=O)CCC2CCNC2)s1.Cl. The molecule has 2 rings (SSSR count). The van der Waals surface area contributed by atoms with Crippen LogP contribution in [0, 0.1) is 11.8 Å². The normalized spacial score (nSPS) is 18.1. The Labute approximate surface area is 130 Å². The van der Waals surface area contributed by atoms with Crippen molar-refractivity contribution >= 4 is 34.8 Å². The molecule has 2 N–H and O–H groups in total. The maximum Gasteiger partial charge on any atom is 0.226 e. The minimum atomic E-state index is 0. The van der Waals surface area contributed by atoms with Gasteiger partial charge in [-0.05, 0) is 37.8 Å². The molecule has 114 valence electrons. The number of hydrogen-bond donors (Lipinski definition) is 2. The van der Waals surface area contributed by atoms with Gasteiger partial charge in [0.25, 0.3) is 0 Å². The Kier molecular flexibility index (Phi) is 7.40. The van der Waals surface area contributed by atoms with Crippen LogP contribution in [0.4, 0.5) is 5.13 Å². The lowest BCUT2D eigenvalue weighted by atomic mass is 10.0. The number of anilines is 1. The average Bonchev–Trinajstić information content (AvgIpc) is 2.97. The predicted molar refractivity (Wildman–Crippen MR) is 84.5 cm³/mol. The van der Waals surface area contributed by atoms with E-state index in [1.165, 1.54) is 17.8 Å². The summed E-state index contributed by atoms with van der Waals surface area (Å²) in [5, 5.41) is 15.9.